The quantitative estimate of drug-likeness (QED) is 0.376. The van der Waals surface area contributed by atoms with E-state index in [1.165, 1.54) is 0 Å². The number of carbonyl (C=O) groups is 2. The molecule has 1 aliphatic rings. The number of carbonyl (C=O) groups excluding carboxylic acids is 1. The molecule has 0 unspecified atom stereocenters. The number of rotatable bonds is 12. The van der Waals surface area contributed by atoms with E-state index in [4.69, 9.17) is 5.11 Å². The molecule has 0 heterocycles. The number of hydrogen-bond donors (Lipinski definition) is 3. The molecule has 1 saturated carbocycles. The summed E-state index contributed by atoms with van der Waals surface area (Å²) < 4.78 is 0. The summed E-state index contributed by atoms with van der Waals surface area (Å²) in [5, 5.41) is 29.2. The van der Waals surface area contributed by atoms with Crippen molar-refractivity contribution < 1.29 is 24.9 Å². The number of benzene rings is 1. The Hall–Kier alpha value is -1.98. The van der Waals surface area contributed by atoms with Crippen molar-refractivity contribution in [1.82, 2.24) is 0 Å². The lowest BCUT2D eigenvalue weighted by Gasteiger charge is -2.22. The third-order valence-corrected chi connectivity index (χ3v) is 5.65. The molecule has 0 spiro atoms. The van der Waals surface area contributed by atoms with Crippen molar-refractivity contribution in [2.24, 2.45) is 11.8 Å². The number of aliphatic hydroxyl groups is 2. The highest BCUT2D eigenvalue weighted by Crippen LogP contribution is 2.38. The van der Waals surface area contributed by atoms with Gasteiger partial charge in [-0.05, 0) is 55.9 Å². The number of aryl methyl sites for hydroxylation is 1. The summed E-state index contributed by atoms with van der Waals surface area (Å²) in [6, 6.07) is 9.93. The number of unbranched alkanes of at least 4 members (excludes halogenated alkanes) is 1. The van der Waals surface area contributed by atoms with Crippen molar-refractivity contribution in [3.8, 4) is 0 Å². The van der Waals surface area contributed by atoms with Crippen LogP contribution in [0.25, 0.3) is 0 Å². The van der Waals surface area contributed by atoms with Gasteiger partial charge in [-0.1, -0.05) is 42.5 Å². The maximum atomic E-state index is 12.2. The van der Waals surface area contributed by atoms with E-state index in [0.717, 1.165) is 12.0 Å². The van der Waals surface area contributed by atoms with Gasteiger partial charge in [0.1, 0.15) is 5.78 Å². The smallest absolute Gasteiger partial charge is 0.303 e. The third-order valence-electron chi connectivity index (χ3n) is 5.65. The average Bonchev–Trinajstić information content (AvgIpc) is 2.94. The molecule has 0 aromatic heterocycles. The summed E-state index contributed by atoms with van der Waals surface area (Å²) in [7, 11) is 0. The van der Waals surface area contributed by atoms with Crippen LogP contribution in [0.3, 0.4) is 0 Å². The van der Waals surface area contributed by atoms with Crippen LogP contribution >= 0.6 is 0 Å². The van der Waals surface area contributed by atoms with Gasteiger partial charge in [0, 0.05) is 19.3 Å². The molecule has 1 aliphatic carbocycles. The maximum Gasteiger partial charge on any atom is 0.303 e. The minimum Gasteiger partial charge on any atom is -0.481 e. The predicted molar refractivity (Wildman–Crippen MR) is 108 cm³/mol. The van der Waals surface area contributed by atoms with Gasteiger partial charge in [0.2, 0.25) is 0 Å². The molecule has 0 amide bonds. The standard InChI is InChI=1S/C23H32O5/c24-18(13-12-17-8-4-3-5-9-17)14-15-20-19(21(25)16-22(20)26)10-6-1-2-7-11-23(27)28/h1,3-6,8-9,19-22,25-26H,2,7,10-16H2,(H,27,28)/b6-1+/t19-,20-,21+,22-/m1/s1. The predicted octanol–water partition coefficient (Wildman–Crippen LogP) is 3.53. The molecule has 5 nitrogen and oxygen atoms in total. The van der Waals surface area contributed by atoms with Crippen LogP contribution in [-0.4, -0.2) is 39.3 Å². The Morgan fingerprint density at radius 3 is 2.39 bits per heavy atom. The van der Waals surface area contributed by atoms with Crippen molar-refractivity contribution >= 4 is 11.8 Å². The van der Waals surface area contributed by atoms with E-state index in [9.17, 15) is 19.8 Å². The third kappa shape index (κ3) is 7.56. The number of allylic oxidation sites excluding steroid dienone is 2. The van der Waals surface area contributed by atoms with Crippen LogP contribution in [0.1, 0.15) is 56.9 Å². The number of hydrogen-bond acceptors (Lipinski definition) is 4. The van der Waals surface area contributed by atoms with Crippen LogP contribution in [0.2, 0.25) is 0 Å². The van der Waals surface area contributed by atoms with Crippen molar-refractivity contribution in [3.05, 3.63) is 48.0 Å². The zero-order valence-corrected chi connectivity index (χ0v) is 16.4. The fourth-order valence-corrected chi connectivity index (χ4v) is 4.03. The van der Waals surface area contributed by atoms with Crippen LogP contribution in [0, 0.1) is 11.8 Å². The zero-order valence-electron chi connectivity index (χ0n) is 16.4. The maximum absolute atomic E-state index is 12.2. The van der Waals surface area contributed by atoms with E-state index < -0.39 is 18.2 Å². The van der Waals surface area contributed by atoms with Crippen LogP contribution in [0.4, 0.5) is 0 Å². The topological polar surface area (TPSA) is 94.8 Å². The Kier molecular flexibility index (Phi) is 9.38. The first-order chi connectivity index (χ1) is 13.5. The molecule has 3 N–H and O–H groups in total. The van der Waals surface area contributed by atoms with Crippen LogP contribution < -0.4 is 0 Å². The number of aliphatic carboxylic acids is 1. The van der Waals surface area contributed by atoms with Gasteiger partial charge in [0.25, 0.3) is 0 Å². The largest absolute Gasteiger partial charge is 0.481 e. The lowest BCUT2D eigenvalue weighted by atomic mass is 9.86. The number of carboxylic acids is 1. The van der Waals surface area contributed by atoms with E-state index in [-0.39, 0.29) is 24.0 Å². The van der Waals surface area contributed by atoms with E-state index in [2.05, 4.69) is 0 Å². The summed E-state index contributed by atoms with van der Waals surface area (Å²) in [6.45, 7) is 0. The zero-order chi connectivity index (χ0) is 20.4. The molecule has 1 aromatic carbocycles. The van der Waals surface area contributed by atoms with E-state index in [1.54, 1.807) is 0 Å². The summed E-state index contributed by atoms with van der Waals surface area (Å²) in [6.07, 6.45) is 7.52. The van der Waals surface area contributed by atoms with Gasteiger partial charge in [0.15, 0.2) is 0 Å². The number of carboxylic acid groups (broad SMARTS) is 1. The lowest BCUT2D eigenvalue weighted by Crippen LogP contribution is -2.22. The molecular formula is C23H32O5. The number of aliphatic hydroxyl groups excluding tert-OH is 2. The molecule has 1 aromatic rings. The van der Waals surface area contributed by atoms with Gasteiger partial charge in [0.05, 0.1) is 12.2 Å². The molecular weight excluding hydrogens is 356 g/mol. The van der Waals surface area contributed by atoms with E-state index in [1.807, 2.05) is 42.5 Å². The van der Waals surface area contributed by atoms with Gasteiger partial charge >= 0.3 is 5.97 Å². The first-order valence-corrected chi connectivity index (χ1v) is 10.3. The number of Topliss-reactive ketones (excluding diaryl/α,β-unsaturated/α-hetero) is 1. The Labute approximate surface area is 167 Å². The summed E-state index contributed by atoms with van der Waals surface area (Å²) >= 11 is 0. The second-order valence-electron chi connectivity index (χ2n) is 7.75. The molecule has 1 fully saturated rings. The molecule has 4 atom stereocenters. The van der Waals surface area contributed by atoms with Gasteiger partial charge in [-0.25, -0.2) is 0 Å². The van der Waals surface area contributed by atoms with Crippen molar-refractivity contribution in [1.29, 1.82) is 0 Å². The van der Waals surface area contributed by atoms with Gasteiger partial charge in [-0.3, -0.25) is 9.59 Å². The van der Waals surface area contributed by atoms with Crippen LogP contribution in [0.5, 0.6) is 0 Å². The van der Waals surface area contributed by atoms with Crippen LogP contribution in [0.15, 0.2) is 42.5 Å². The van der Waals surface area contributed by atoms with E-state index >= 15 is 0 Å². The number of ketones is 1. The summed E-state index contributed by atoms with van der Waals surface area (Å²) in [5.74, 6) is -0.716. The fourth-order valence-electron chi connectivity index (χ4n) is 4.03. The molecule has 0 saturated heterocycles. The molecule has 154 valence electrons. The molecule has 0 bridgehead atoms. The molecule has 5 heteroatoms. The fraction of sp³-hybridized carbons (Fsp3) is 0.565. The monoisotopic (exact) mass is 388 g/mol. The normalized spacial score (nSPS) is 24.6. The Balaban J connectivity index is 1.75. The van der Waals surface area contributed by atoms with Gasteiger partial charge in [-0.15, -0.1) is 0 Å². The minimum absolute atomic E-state index is 0.0485. The minimum atomic E-state index is -0.792. The molecule has 28 heavy (non-hydrogen) atoms. The Bertz CT molecular complexity index is 640. The highest BCUT2D eigenvalue weighted by molar-refractivity contribution is 5.78. The SMILES string of the molecule is O=C(O)CCC/C=C/C[C@@H]1[C@@H](CCC(=O)CCc2ccccc2)[C@H](O)C[C@@H]1O. The van der Waals surface area contributed by atoms with Crippen molar-refractivity contribution in [3.63, 3.8) is 0 Å². The first-order valence-electron chi connectivity index (χ1n) is 10.3. The first kappa shape index (κ1) is 22.3. The summed E-state index contributed by atoms with van der Waals surface area (Å²) in [5.41, 5.74) is 1.15. The van der Waals surface area contributed by atoms with Gasteiger partial charge in [-0.2, -0.15) is 0 Å². The second-order valence-corrected chi connectivity index (χ2v) is 7.75. The second kappa shape index (κ2) is 11.8. The van der Waals surface area contributed by atoms with Crippen molar-refractivity contribution in [2.75, 3.05) is 0 Å². The van der Waals surface area contributed by atoms with E-state index in [0.29, 0.717) is 44.9 Å². The van der Waals surface area contributed by atoms with Crippen molar-refractivity contribution in [2.45, 2.75) is 70.0 Å². The molecule has 0 radical (unpaired) electrons. The lowest BCUT2D eigenvalue weighted by molar-refractivity contribution is -0.137. The van der Waals surface area contributed by atoms with Crippen LogP contribution in [-0.2, 0) is 16.0 Å². The van der Waals surface area contributed by atoms with Gasteiger partial charge < -0.3 is 15.3 Å². The summed E-state index contributed by atoms with van der Waals surface area (Å²) in [4.78, 5) is 22.8. The highest BCUT2D eigenvalue weighted by atomic mass is 16.4. The molecule has 2 rings (SSSR count). The Morgan fingerprint density at radius 2 is 1.68 bits per heavy atom. The molecule has 0 aliphatic heterocycles. The highest BCUT2D eigenvalue weighted by Gasteiger charge is 2.40. The average molecular weight is 389 g/mol. The Morgan fingerprint density at radius 1 is 0.964 bits per heavy atom.